The Morgan fingerprint density at radius 2 is 1.79 bits per heavy atom. The lowest BCUT2D eigenvalue weighted by molar-refractivity contribution is 0.102. The lowest BCUT2D eigenvalue weighted by atomic mass is 10.2. The fraction of sp³-hybridized carbons (Fsp3) is 0.200. The first kappa shape index (κ1) is 20.2. The Morgan fingerprint density at radius 1 is 1.14 bits per heavy atom. The number of sulfonamides is 1. The van der Waals surface area contributed by atoms with Gasteiger partial charge in [-0.2, -0.15) is 4.31 Å². The molecule has 9 heteroatoms. The van der Waals surface area contributed by atoms with Gasteiger partial charge in [-0.25, -0.2) is 13.4 Å². The Hall–Kier alpha value is -2.07. The molecule has 4 rings (SSSR count). The minimum absolute atomic E-state index is 0.0906. The molecule has 1 aliphatic rings. The van der Waals surface area contributed by atoms with Crippen molar-refractivity contribution in [2.45, 2.75) is 23.8 Å². The van der Waals surface area contributed by atoms with Crippen molar-refractivity contribution < 1.29 is 13.2 Å². The first-order chi connectivity index (χ1) is 13.8. The van der Waals surface area contributed by atoms with Crippen LogP contribution >= 0.6 is 27.3 Å². The average molecular weight is 492 g/mol. The van der Waals surface area contributed by atoms with Crippen LogP contribution in [0.25, 0.3) is 11.3 Å². The van der Waals surface area contributed by atoms with E-state index < -0.39 is 10.0 Å². The van der Waals surface area contributed by atoms with Crippen molar-refractivity contribution in [2.75, 3.05) is 12.4 Å². The fourth-order valence-corrected chi connectivity index (χ4v) is 5.23. The third kappa shape index (κ3) is 4.42. The monoisotopic (exact) mass is 491 g/mol. The number of carbonyl (C=O) groups excluding carboxylic acids is 1. The molecule has 0 radical (unpaired) electrons. The van der Waals surface area contributed by atoms with Crippen LogP contribution in [-0.4, -0.2) is 36.7 Å². The van der Waals surface area contributed by atoms with Gasteiger partial charge < -0.3 is 0 Å². The van der Waals surface area contributed by atoms with Crippen LogP contribution in [0.4, 0.5) is 5.13 Å². The number of rotatable bonds is 6. The number of aromatic nitrogens is 1. The molecule has 29 heavy (non-hydrogen) atoms. The molecule has 1 amide bonds. The SMILES string of the molecule is CN(C1CC1)S(=O)(=O)c1ccc(C(=O)Nc2nc(-c3ccc(Br)cc3)cs2)cc1. The first-order valence-electron chi connectivity index (χ1n) is 8.95. The van der Waals surface area contributed by atoms with Gasteiger partial charge in [-0.1, -0.05) is 28.1 Å². The quantitative estimate of drug-likeness (QED) is 0.545. The van der Waals surface area contributed by atoms with E-state index in [1.54, 1.807) is 7.05 Å². The summed E-state index contributed by atoms with van der Waals surface area (Å²) in [4.78, 5) is 17.1. The summed E-state index contributed by atoms with van der Waals surface area (Å²) in [7, 11) is -1.92. The van der Waals surface area contributed by atoms with Crippen LogP contribution in [0.3, 0.4) is 0 Å². The summed E-state index contributed by atoms with van der Waals surface area (Å²) in [6.45, 7) is 0. The lowest BCUT2D eigenvalue weighted by Crippen LogP contribution is -2.29. The van der Waals surface area contributed by atoms with E-state index in [4.69, 9.17) is 0 Å². The number of halogens is 1. The number of anilines is 1. The molecule has 3 aromatic rings. The molecule has 150 valence electrons. The summed E-state index contributed by atoms with van der Waals surface area (Å²) in [6, 6.07) is 13.8. The number of thiazole rings is 1. The number of nitrogens with zero attached hydrogens (tertiary/aromatic N) is 2. The van der Waals surface area contributed by atoms with E-state index >= 15 is 0 Å². The van der Waals surface area contributed by atoms with E-state index in [1.165, 1.54) is 39.9 Å². The number of nitrogens with one attached hydrogen (secondary N) is 1. The van der Waals surface area contributed by atoms with Crippen molar-refractivity contribution in [3.05, 3.63) is 63.9 Å². The van der Waals surface area contributed by atoms with Gasteiger partial charge in [-0.05, 0) is 49.2 Å². The van der Waals surface area contributed by atoms with Gasteiger partial charge in [-0.15, -0.1) is 11.3 Å². The molecule has 0 spiro atoms. The first-order valence-corrected chi connectivity index (χ1v) is 12.1. The molecule has 0 saturated heterocycles. The molecule has 0 aliphatic heterocycles. The van der Waals surface area contributed by atoms with Gasteiger partial charge in [0.1, 0.15) is 0 Å². The van der Waals surface area contributed by atoms with Crippen LogP contribution < -0.4 is 5.32 Å². The minimum Gasteiger partial charge on any atom is -0.298 e. The third-order valence-corrected chi connectivity index (χ3v) is 7.93. The van der Waals surface area contributed by atoms with Gasteiger partial charge in [0.05, 0.1) is 10.6 Å². The number of hydrogen-bond donors (Lipinski definition) is 1. The van der Waals surface area contributed by atoms with Crippen LogP contribution in [0, 0.1) is 0 Å². The normalized spacial score (nSPS) is 14.2. The highest BCUT2D eigenvalue weighted by Gasteiger charge is 2.35. The second kappa shape index (κ2) is 7.98. The van der Waals surface area contributed by atoms with E-state index in [-0.39, 0.29) is 16.8 Å². The number of carbonyl (C=O) groups is 1. The molecule has 1 aliphatic carbocycles. The zero-order valence-electron chi connectivity index (χ0n) is 15.5. The molecule has 1 fully saturated rings. The largest absolute Gasteiger partial charge is 0.298 e. The summed E-state index contributed by atoms with van der Waals surface area (Å²) in [5.74, 6) is -0.332. The molecule has 6 nitrogen and oxygen atoms in total. The molecule has 1 saturated carbocycles. The summed E-state index contributed by atoms with van der Waals surface area (Å²) < 4.78 is 27.5. The van der Waals surface area contributed by atoms with Crippen molar-refractivity contribution in [2.24, 2.45) is 0 Å². The predicted molar refractivity (Wildman–Crippen MR) is 118 cm³/mol. The maximum Gasteiger partial charge on any atom is 0.257 e. The molecule has 0 atom stereocenters. The van der Waals surface area contributed by atoms with Crippen molar-refractivity contribution in [3.8, 4) is 11.3 Å². The molecule has 2 aromatic carbocycles. The highest BCUT2D eigenvalue weighted by Crippen LogP contribution is 2.30. The second-order valence-electron chi connectivity index (χ2n) is 6.78. The van der Waals surface area contributed by atoms with Gasteiger partial charge in [0.15, 0.2) is 5.13 Å². The highest BCUT2D eigenvalue weighted by atomic mass is 79.9. The summed E-state index contributed by atoms with van der Waals surface area (Å²) >= 11 is 4.74. The van der Waals surface area contributed by atoms with E-state index in [9.17, 15) is 13.2 Å². The van der Waals surface area contributed by atoms with Gasteiger partial charge in [0.25, 0.3) is 5.91 Å². The van der Waals surface area contributed by atoms with E-state index in [1.807, 2.05) is 29.6 Å². The molecular formula is C20H18BrN3O3S2. The van der Waals surface area contributed by atoms with E-state index in [2.05, 4.69) is 26.2 Å². The van der Waals surface area contributed by atoms with Crippen molar-refractivity contribution in [1.82, 2.24) is 9.29 Å². The Bertz CT molecular complexity index is 1140. The van der Waals surface area contributed by atoms with Crippen molar-refractivity contribution in [3.63, 3.8) is 0 Å². The van der Waals surface area contributed by atoms with Crippen molar-refractivity contribution >= 4 is 48.3 Å². The van der Waals surface area contributed by atoms with E-state index in [0.29, 0.717) is 10.7 Å². The lowest BCUT2D eigenvalue weighted by Gasteiger charge is -2.16. The van der Waals surface area contributed by atoms with Crippen molar-refractivity contribution in [1.29, 1.82) is 0 Å². The zero-order valence-corrected chi connectivity index (χ0v) is 18.7. The minimum atomic E-state index is -3.52. The third-order valence-electron chi connectivity index (χ3n) is 4.72. The Labute approximate surface area is 181 Å². The van der Waals surface area contributed by atoms with Crippen LogP contribution in [0.1, 0.15) is 23.2 Å². The maximum atomic E-state index is 12.6. The molecule has 0 unspecified atom stereocenters. The van der Waals surface area contributed by atoms with E-state index in [0.717, 1.165) is 28.6 Å². The topological polar surface area (TPSA) is 79.4 Å². The smallest absolute Gasteiger partial charge is 0.257 e. The zero-order chi connectivity index (χ0) is 20.6. The number of hydrogen-bond acceptors (Lipinski definition) is 5. The van der Waals surface area contributed by atoms with Crippen LogP contribution in [-0.2, 0) is 10.0 Å². The molecule has 1 N–H and O–H groups in total. The summed E-state index contributed by atoms with van der Waals surface area (Å²) in [6.07, 6.45) is 1.79. The number of amides is 1. The fourth-order valence-electron chi connectivity index (χ4n) is 2.83. The summed E-state index contributed by atoms with van der Waals surface area (Å²) in [5.41, 5.74) is 2.11. The Kier molecular flexibility index (Phi) is 5.56. The standard InChI is InChI=1S/C20H18BrN3O3S2/c1-24(16-8-9-16)29(26,27)17-10-4-14(5-11-17)19(25)23-20-22-18(12-28-20)13-2-6-15(21)7-3-13/h2-7,10-12,16H,8-9H2,1H3,(H,22,23,25). The van der Waals surface area contributed by atoms with Gasteiger partial charge in [-0.3, -0.25) is 10.1 Å². The second-order valence-corrected chi connectivity index (χ2v) is 10.5. The van der Waals surface area contributed by atoms with Gasteiger partial charge in [0.2, 0.25) is 10.0 Å². The Morgan fingerprint density at radius 3 is 2.41 bits per heavy atom. The molecular weight excluding hydrogens is 474 g/mol. The van der Waals surface area contributed by atoms with Gasteiger partial charge in [0, 0.05) is 34.1 Å². The van der Waals surface area contributed by atoms with Crippen LogP contribution in [0.2, 0.25) is 0 Å². The molecule has 0 bridgehead atoms. The molecule has 1 aromatic heterocycles. The summed E-state index contributed by atoms with van der Waals surface area (Å²) in [5, 5.41) is 5.13. The van der Waals surface area contributed by atoms with Crippen LogP contribution in [0.15, 0.2) is 63.3 Å². The number of benzene rings is 2. The van der Waals surface area contributed by atoms with Crippen LogP contribution in [0.5, 0.6) is 0 Å². The Balaban J connectivity index is 1.46. The molecule has 1 heterocycles. The predicted octanol–water partition coefficient (Wildman–Crippen LogP) is 4.61. The highest BCUT2D eigenvalue weighted by molar-refractivity contribution is 9.10. The maximum absolute atomic E-state index is 12.6. The average Bonchev–Trinajstić information content (AvgIpc) is 3.47. The van der Waals surface area contributed by atoms with Gasteiger partial charge >= 0.3 is 0 Å².